The molecule has 0 radical (unpaired) electrons. The molecule has 0 aromatic carbocycles. The molecule has 20 heavy (non-hydrogen) atoms. The lowest BCUT2D eigenvalue weighted by molar-refractivity contribution is -0.133. The lowest BCUT2D eigenvalue weighted by Gasteiger charge is -2.34. The summed E-state index contributed by atoms with van der Waals surface area (Å²) in [7, 11) is 0. The van der Waals surface area contributed by atoms with E-state index in [-0.39, 0.29) is 36.3 Å². The van der Waals surface area contributed by atoms with Gasteiger partial charge in [0.1, 0.15) is 5.82 Å². The molecule has 7 heteroatoms. The summed E-state index contributed by atoms with van der Waals surface area (Å²) in [4.78, 5) is 32.9. The highest BCUT2D eigenvalue weighted by molar-refractivity contribution is 5.85. The van der Waals surface area contributed by atoms with Crippen LogP contribution in [0.3, 0.4) is 0 Å². The minimum Gasteiger partial charge on any atom is -0.337 e. The third-order valence-electron chi connectivity index (χ3n) is 3.49. The van der Waals surface area contributed by atoms with Crippen LogP contribution in [0.1, 0.15) is 24.0 Å². The van der Waals surface area contributed by atoms with Gasteiger partial charge in [0, 0.05) is 36.9 Å². The molecule has 6 nitrogen and oxygen atoms in total. The third kappa shape index (κ3) is 3.58. The predicted octanol–water partition coefficient (Wildman–Crippen LogP) is 0.171. The monoisotopic (exact) mass is 300 g/mol. The van der Waals surface area contributed by atoms with Crippen LogP contribution in [0.2, 0.25) is 0 Å². The van der Waals surface area contributed by atoms with Crippen molar-refractivity contribution < 1.29 is 4.79 Å². The van der Waals surface area contributed by atoms with Gasteiger partial charge in [0.05, 0.1) is 6.42 Å². The number of piperazine rings is 1. The maximum atomic E-state index is 12.3. The van der Waals surface area contributed by atoms with Crippen molar-refractivity contribution in [3.8, 4) is 0 Å². The van der Waals surface area contributed by atoms with Gasteiger partial charge in [0.25, 0.3) is 5.56 Å². The Morgan fingerprint density at radius 3 is 2.75 bits per heavy atom. The van der Waals surface area contributed by atoms with E-state index in [0.29, 0.717) is 23.6 Å². The molecule has 0 bridgehead atoms. The largest absolute Gasteiger partial charge is 0.337 e. The summed E-state index contributed by atoms with van der Waals surface area (Å²) in [6, 6.07) is 0.166. The molecule has 1 atom stereocenters. The van der Waals surface area contributed by atoms with Gasteiger partial charge < -0.3 is 15.2 Å². The maximum Gasteiger partial charge on any atom is 0.254 e. The fourth-order valence-corrected chi connectivity index (χ4v) is 2.42. The summed E-state index contributed by atoms with van der Waals surface area (Å²) in [5, 5.41) is 3.24. The molecular formula is C13H21ClN4O2. The zero-order valence-electron chi connectivity index (χ0n) is 12.0. The molecule has 1 fully saturated rings. The van der Waals surface area contributed by atoms with Crippen molar-refractivity contribution in [2.45, 2.75) is 33.2 Å². The van der Waals surface area contributed by atoms with E-state index in [1.165, 1.54) is 0 Å². The number of hydrogen-bond acceptors (Lipinski definition) is 4. The molecular weight excluding hydrogens is 280 g/mol. The van der Waals surface area contributed by atoms with Crippen LogP contribution in [0.25, 0.3) is 0 Å². The normalized spacial score (nSPS) is 18.6. The van der Waals surface area contributed by atoms with Crippen molar-refractivity contribution in [3.63, 3.8) is 0 Å². The Hall–Kier alpha value is -1.40. The van der Waals surface area contributed by atoms with Crippen molar-refractivity contribution in [1.29, 1.82) is 0 Å². The molecule has 1 aliphatic heterocycles. The number of nitrogens with zero attached hydrogens (tertiary/aromatic N) is 2. The predicted molar refractivity (Wildman–Crippen MR) is 79.3 cm³/mol. The fourth-order valence-electron chi connectivity index (χ4n) is 2.42. The fraction of sp³-hybridized carbons (Fsp3) is 0.615. The molecule has 2 heterocycles. The number of aromatic nitrogens is 2. The first-order chi connectivity index (χ1) is 8.99. The topological polar surface area (TPSA) is 78.1 Å². The van der Waals surface area contributed by atoms with E-state index in [2.05, 4.69) is 15.3 Å². The van der Waals surface area contributed by atoms with E-state index >= 15 is 0 Å². The Kier molecular flexibility index (Phi) is 5.71. The van der Waals surface area contributed by atoms with Gasteiger partial charge in [-0.3, -0.25) is 9.59 Å². The highest BCUT2D eigenvalue weighted by Crippen LogP contribution is 2.07. The number of aromatic amines is 1. The van der Waals surface area contributed by atoms with Crippen molar-refractivity contribution in [3.05, 3.63) is 27.4 Å². The van der Waals surface area contributed by atoms with Crippen LogP contribution in [-0.2, 0) is 11.2 Å². The second kappa shape index (κ2) is 6.85. The van der Waals surface area contributed by atoms with Crippen molar-refractivity contribution in [2.24, 2.45) is 0 Å². The average molecular weight is 301 g/mol. The van der Waals surface area contributed by atoms with Crippen molar-refractivity contribution in [2.75, 3.05) is 19.6 Å². The highest BCUT2D eigenvalue weighted by Gasteiger charge is 2.24. The number of H-pyrrole nitrogens is 1. The number of rotatable bonds is 2. The molecule has 0 saturated carbocycles. The van der Waals surface area contributed by atoms with Gasteiger partial charge in [-0.2, -0.15) is 0 Å². The standard InChI is InChI=1S/C13H20N4O2.ClH/c1-8-7-14-4-5-17(8)12(18)6-11-9(2)15-10(3)16-13(11)19;/h8,14H,4-7H2,1-3H3,(H,15,16,19);1H/t8-;/m1./s1. The first-order valence-corrected chi connectivity index (χ1v) is 6.55. The smallest absolute Gasteiger partial charge is 0.254 e. The molecule has 112 valence electrons. The highest BCUT2D eigenvalue weighted by atomic mass is 35.5. The van der Waals surface area contributed by atoms with Gasteiger partial charge in [-0.25, -0.2) is 4.98 Å². The quantitative estimate of drug-likeness (QED) is 0.816. The van der Waals surface area contributed by atoms with E-state index in [1.54, 1.807) is 13.8 Å². The number of aryl methyl sites for hydroxylation is 2. The van der Waals surface area contributed by atoms with E-state index in [1.807, 2.05) is 11.8 Å². The van der Waals surface area contributed by atoms with Crippen LogP contribution in [0, 0.1) is 13.8 Å². The molecule has 2 rings (SSSR count). The van der Waals surface area contributed by atoms with Crippen LogP contribution in [-0.4, -0.2) is 46.5 Å². The van der Waals surface area contributed by atoms with Crippen LogP contribution >= 0.6 is 12.4 Å². The molecule has 2 N–H and O–H groups in total. The minimum absolute atomic E-state index is 0. The van der Waals surface area contributed by atoms with Crippen LogP contribution in [0.5, 0.6) is 0 Å². The lowest BCUT2D eigenvalue weighted by Crippen LogP contribution is -2.52. The van der Waals surface area contributed by atoms with Gasteiger partial charge in [0.2, 0.25) is 5.91 Å². The minimum atomic E-state index is -0.207. The summed E-state index contributed by atoms with van der Waals surface area (Å²) in [5.41, 5.74) is 0.903. The molecule has 1 aliphatic rings. The van der Waals surface area contributed by atoms with Crippen molar-refractivity contribution >= 4 is 18.3 Å². The second-order valence-electron chi connectivity index (χ2n) is 5.03. The summed E-state index contributed by atoms with van der Waals surface area (Å²) >= 11 is 0. The summed E-state index contributed by atoms with van der Waals surface area (Å²) in [5.74, 6) is 0.572. The van der Waals surface area contributed by atoms with Gasteiger partial charge in [-0.05, 0) is 20.8 Å². The molecule has 0 spiro atoms. The molecule has 1 amide bonds. The number of nitrogens with one attached hydrogen (secondary N) is 2. The zero-order valence-corrected chi connectivity index (χ0v) is 12.8. The SMILES string of the molecule is Cc1nc(C)c(CC(=O)N2CCNC[C@H]2C)c(=O)[nH]1.Cl. The number of hydrogen-bond donors (Lipinski definition) is 2. The van der Waals surface area contributed by atoms with Crippen LogP contribution in [0.4, 0.5) is 0 Å². The van der Waals surface area contributed by atoms with E-state index in [9.17, 15) is 9.59 Å². The average Bonchev–Trinajstić information content (AvgIpc) is 2.34. The lowest BCUT2D eigenvalue weighted by atomic mass is 10.1. The van der Waals surface area contributed by atoms with E-state index < -0.39 is 0 Å². The Bertz CT molecular complexity index is 544. The van der Waals surface area contributed by atoms with Crippen LogP contribution in [0.15, 0.2) is 4.79 Å². The molecule has 1 aromatic rings. The first kappa shape index (κ1) is 16.7. The van der Waals surface area contributed by atoms with Gasteiger partial charge in [-0.1, -0.05) is 0 Å². The van der Waals surface area contributed by atoms with Gasteiger partial charge in [-0.15, -0.1) is 12.4 Å². The maximum absolute atomic E-state index is 12.3. The number of carbonyl (C=O) groups excluding carboxylic acids is 1. The number of amides is 1. The molecule has 0 unspecified atom stereocenters. The summed E-state index contributed by atoms with van der Waals surface area (Å²) < 4.78 is 0. The second-order valence-corrected chi connectivity index (χ2v) is 5.03. The van der Waals surface area contributed by atoms with Crippen LogP contribution < -0.4 is 10.9 Å². The first-order valence-electron chi connectivity index (χ1n) is 6.55. The number of halogens is 1. The zero-order chi connectivity index (χ0) is 14.0. The molecule has 0 aliphatic carbocycles. The Balaban J connectivity index is 0.00000200. The summed E-state index contributed by atoms with van der Waals surface area (Å²) in [6.45, 7) is 7.81. The summed E-state index contributed by atoms with van der Waals surface area (Å²) in [6.07, 6.45) is 0.124. The van der Waals surface area contributed by atoms with Crippen molar-refractivity contribution in [1.82, 2.24) is 20.2 Å². The van der Waals surface area contributed by atoms with Gasteiger partial charge in [0.15, 0.2) is 0 Å². The van der Waals surface area contributed by atoms with E-state index in [4.69, 9.17) is 0 Å². The van der Waals surface area contributed by atoms with E-state index in [0.717, 1.165) is 13.1 Å². The Morgan fingerprint density at radius 1 is 1.45 bits per heavy atom. The Labute approximate surface area is 124 Å². The Morgan fingerprint density at radius 2 is 2.15 bits per heavy atom. The molecule has 1 aromatic heterocycles. The van der Waals surface area contributed by atoms with Gasteiger partial charge >= 0.3 is 0 Å². The number of carbonyl (C=O) groups is 1. The molecule has 1 saturated heterocycles. The third-order valence-corrected chi connectivity index (χ3v) is 3.49.